The summed E-state index contributed by atoms with van der Waals surface area (Å²) in [6.45, 7) is 0. The van der Waals surface area contributed by atoms with E-state index in [0.717, 1.165) is 14.3 Å². The van der Waals surface area contributed by atoms with Gasteiger partial charge in [0.05, 0.1) is 0 Å². The SMILES string of the molecule is CNS(=O)(=O)c1c(I)ccc2ccccc12. The first-order valence-corrected chi connectivity index (χ1v) is 7.23. The fourth-order valence-electron chi connectivity index (χ4n) is 1.59. The lowest BCUT2D eigenvalue weighted by Crippen LogP contribution is -2.20. The van der Waals surface area contributed by atoms with Gasteiger partial charge in [0.2, 0.25) is 10.0 Å². The summed E-state index contributed by atoms with van der Waals surface area (Å²) in [4.78, 5) is 0.355. The minimum Gasteiger partial charge on any atom is -0.214 e. The van der Waals surface area contributed by atoms with Crippen LogP contribution in [0.25, 0.3) is 10.8 Å². The molecular formula is C11H10INO2S. The molecule has 3 nitrogen and oxygen atoms in total. The third-order valence-corrected chi connectivity index (χ3v) is 5.15. The lowest BCUT2D eigenvalue weighted by Gasteiger charge is -2.09. The van der Waals surface area contributed by atoms with Crippen LogP contribution in [0.15, 0.2) is 41.3 Å². The zero-order valence-electron chi connectivity index (χ0n) is 8.57. The molecule has 84 valence electrons. The molecule has 0 bridgehead atoms. The highest BCUT2D eigenvalue weighted by molar-refractivity contribution is 14.1. The van der Waals surface area contributed by atoms with Crippen molar-refractivity contribution in [2.45, 2.75) is 4.90 Å². The van der Waals surface area contributed by atoms with Crippen LogP contribution >= 0.6 is 22.6 Å². The second-order valence-electron chi connectivity index (χ2n) is 3.31. The molecule has 0 spiro atoms. The van der Waals surface area contributed by atoms with Crippen LogP contribution in [0.4, 0.5) is 0 Å². The van der Waals surface area contributed by atoms with Gasteiger partial charge in [0.15, 0.2) is 0 Å². The maximum atomic E-state index is 11.9. The van der Waals surface area contributed by atoms with Crippen LogP contribution in [0.1, 0.15) is 0 Å². The van der Waals surface area contributed by atoms with Crippen LogP contribution in [-0.4, -0.2) is 15.5 Å². The number of hydrogen-bond acceptors (Lipinski definition) is 2. The summed E-state index contributed by atoms with van der Waals surface area (Å²) in [5, 5.41) is 1.68. The summed E-state index contributed by atoms with van der Waals surface area (Å²) in [5.41, 5.74) is 0. The Morgan fingerprint density at radius 2 is 1.81 bits per heavy atom. The molecule has 2 aromatic carbocycles. The molecule has 0 atom stereocenters. The van der Waals surface area contributed by atoms with E-state index < -0.39 is 10.0 Å². The Morgan fingerprint density at radius 1 is 1.12 bits per heavy atom. The van der Waals surface area contributed by atoms with Gasteiger partial charge in [-0.2, -0.15) is 0 Å². The zero-order chi connectivity index (χ0) is 11.8. The molecule has 16 heavy (non-hydrogen) atoms. The van der Waals surface area contributed by atoms with Crippen LogP contribution in [0.5, 0.6) is 0 Å². The first-order chi connectivity index (χ1) is 7.56. The standard InChI is InChI=1S/C11H10INO2S/c1-13-16(14,15)11-9-5-3-2-4-8(9)6-7-10(11)12/h2-7,13H,1H3. The molecule has 5 heteroatoms. The van der Waals surface area contributed by atoms with E-state index in [4.69, 9.17) is 0 Å². The fourth-order valence-corrected chi connectivity index (χ4v) is 3.94. The van der Waals surface area contributed by atoms with Gasteiger partial charge in [-0.05, 0) is 41.1 Å². The van der Waals surface area contributed by atoms with Gasteiger partial charge >= 0.3 is 0 Å². The van der Waals surface area contributed by atoms with E-state index in [9.17, 15) is 8.42 Å². The lowest BCUT2D eigenvalue weighted by atomic mass is 10.1. The van der Waals surface area contributed by atoms with Crippen molar-refractivity contribution >= 4 is 43.4 Å². The summed E-state index contributed by atoms with van der Waals surface area (Å²) >= 11 is 2.04. The maximum absolute atomic E-state index is 11.9. The number of nitrogens with one attached hydrogen (secondary N) is 1. The Morgan fingerprint density at radius 3 is 2.50 bits per heavy atom. The van der Waals surface area contributed by atoms with Crippen molar-refractivity contribution in [3.63, 3.8) is 0 Å². The van der Waals surface area contributed by atoms with E-state index in [-0.39, 0.29) is 0 Å². The molecule has 0 amide bonds. The van der Waals surface area contributed by atoms with E-state index in [1.165, 1.54) is 7.05 Å². The molecule has 0 aromatic heterocycles. The lowest BCUT2D eigenvalue weighted by molar-refractivity contribution is 0.588. The van der Waals surface area contributed by atoms with Crippen LogP contribution < -0.4 is 4.72 Å². The molecule has 2 aromatic rings. The van der Waals surface area contributed by atoms with E-state index in [0.29, 0.717) is 4.90 Å². The Hall–Kier alpha value is -0.660. The first kappa shape index (κ1) is 11.8. The highest BCUT2D eigenvalue weighted by Crippen LogP contribution is 2.27. The van der Waals surface area contributed by atoms with Gasteiger partial charge in [-0.25, -0.2) is 13.1 Å². The van der Waals surface area contributed by atoms with Crippen molar-refractivity contribution in [3.8, 4) is 0 Å². The van der Waals surface area contributed by atoms with Crippen molar-refractivity contribution in [1.29, 1.82) is 0 Å². The molecule has 0 aliphatic rings. The topological polar surface area (TPSA) is 46.2 Å². The molecule has 0 aliphatic heterocycles. The summed E-state index contributed by atoms with van der Waals surface area (Å²) in [6.07, 6.45) is 0. The first-order valence-electron chi connectivity index (χ1n) is 4.67. The number of sulfonamides is 1. The van der Waals surface area contributed by atoms with Gasteiger partial charge in [-0.15, -0.1) is 0 Å². The van der Waals surface area contributed by atoms with Crippen LogP contribution in [0, 0.1) is 3.57 Å². The molecule has 1 N–H and O–H groups in total. The second kappa shape index (κ2) is 4.31. The highest BCUT2D eigenvalue weighted by atomic mass is 127. The van der Waals surface area contributed by atoms with Crippen molar-refractivity contribution in [1.82, 2.24) is 4.72 Å². The molecule has 0 radical (unpaired) electrons. The molecule has 0 heterocycles. The summed E-state index contributed by atoms with van der Waals surface area (Å²) < 4.78 is 26.9. The van der Waals surface area contributed by atoms with Gasteiger partial charge in [0.25, 0.3) is 0 Å². The van der Waals surface area contributed by atoms with E-state index in [1.807, 2.05) is 59.0 Å². The monoisotopic (exact) mass is 347 g/mol. The number of benzene rings is 2. The number of hydrogen-bond donors (Lipinski definition) is 1. The molecular weight excluding hydrogens is 337 g/mol. The van der Waals surface area contributed by atoms with Crippen molar-refractivity contribution in [2.75, 3.05) is 7.05 Å². The average Bonchev–Trinajstić information content (AvgIpc) is 2.28. The summed E-state index contributed by atoms with van der Waals surface area (Å²) in [6, 6.07) is 11.2. The predicted molar refractivity (Wildman–Crippen MR) is 72.9 cm³/mol. The van der Waals surface area contributed by atoms with E-state index in [1.54, 1.807) is 0 Å². The Balaban J connectivity index is 2.92. The van der Waals surface area contributed by atoms with Crippen LogP contribution in [-0.2, 0) is 10.0 Å². The maximum Gasteiger partial charge on any atom is 0.241 e. The summed E-state index contributed by atoms with van der Waals surface area (Å²) in [7, 11) is -1.99. The predicted octanol–water partition coefficient (Wildman–Crippen LogP) is 2.35. The van der Waals surface area contributed by atoms with Crippen LogP contribution in [0.3, 0.4) is 0 Å². The number of fused-ring (bicyclic) bond motifs is 1. The molecule has 0 fully saturated rings. The Kier molecular flexibility index (Phi) is 3.18. The van der Waals surface area contributed by atoms with Crippen molar-refractivity contribution < 1.29 is 8.42 Å². The minimum atomic E-state index is -3.41. The molecule has 0 saturated carbocycles. The largest absolute Gasteiger partial charge is 0.241 e. The second-order valence-corrected chi connectivity index (χ2v) is 6.29. The average molecular weight is 347 g/mol. The molecule has 0 unspecified atom stereocenters. The fraction of sp³-hybridized carbons (Fsp3) is 0.0909. The highest BCUT2D eigenvalue weighted by Gasteiger charge is 2.18. The van der Waals surface area contributed by atoms with E-state index in [2.05, 4.69) is 4.72 Å². The van der Waals surface area contributed by atoms with Crippen molar-refractivity contribution in [3.05, 3.63) is 40.0 Å². The van der Waals surface area contributed by atoms with Gasteiger partial charge in [-0.3, -0.25) is 0 Å². The number of rotatable bonds is 2. The molecule has 0 aliphatic carbocycles. The summed E-state index contributed by atoms with van der Waals surface area (Å²) in [5.74, 6) is 0. The smallest absolute Gasteiger partial charge is 0.214 e. The number of halogens is 1. The zero-order valence-corrected chi connectivity index (χ0v) is 11.5. The van der Waals surface area contributed by atoms with Gasteiger partial charge in [-0.1, -0.05) is 30.3 Å². The molecule has 2 rings (SSSR count). The third kappa shape index (κ3) is 1.94. The Labute approximate surface area is 108 Å². The Bertz CT molecular complexity index is 637. The van der Waals surface area contributed by atoms with E-state index >= 15 is 0 Å². The molecule has 0 saturated heterocycles. The van der Waals surface area contributed by atoms with Gasteiger partial charge < -0.3 is 0 Å². The van der Waals surface area contributed by atoms with Crippen LogP contribution in [0.2, 0.25) is 0 Å². The quantitative estimate of drug-likeness (QED) is 0.848. The van der Waals surface area contributed by atoms with Gasteiger partial charge in [0.1, 0.15) is 4.90 Å². The van der Waals surface area contributed by atoms with Crippen molar-refractivity contribution in [2.24, 2.45) is 0 Å². The third-order valence-electron chi connectivity index (χ3n) is 2.37. The normalized spacial score (nSPS) is 11.9. The van der Waals surface area contributed by atoms with Gasteiger partial charge in [0, 0.05) is 8.96 Å². The minimum absolute atomic E-state index is 0.355.